The number of Topliss-reactive ketones (excluding diaryl/α,β-unsaturated/α-hetero) is 2. The first-order valence-corrected chi connectivity index (χ1v) is 12.9. The first kappa shape index (κ1) is 25.4. The van der Waals surface area contributed by atoms with E-state index in [0.29, 0.717) is 0 Å². The second-order valence-corrected chi connectivity index (χ2v) is 10.2. The molecule has 0 bridgehead atoms. The number of nitrogens with zero attached hydrogens (tertiary/aromatic N) is 1. The number of ether oxygens (including phenoxy) is 2. The van der Waals surface area contributed by atoms with E-state index < -0.39 is 52.9 Å². The maximum Gasteiger partial charge on any atom is 0.338 e. The number of halogens is 2. The lowest BCUT2D eigenvalue weighted by molar-refractivity contribution is -0.127. The molecule has 2 fully saturated rings. The minimum Gasteiger partial charge on any atom is -0.462 e. The third-order valence-electron chi connectivity index (χ3n) is 7.44. The summed E-state index contributed by atoms with van der Waals surface area (Å²) in [5.41, 5.74) is -1.30. The molecule has 0 radical (unpaired) electrons. The third kappa shape index (κ3) is 3.45. The van der Waals surface area contributed by atoms with E-state index in [9.17, 15) is 24.0 Å². The molecule has 1 aliphatic carbocycles. The highest BCUT2D eigenvalue weighted by Gasteiger charge is 2.75. The van der Waals surface area contributed by atoms with Gasteiger partial charge in [0, 0.05) is 16.7 Å². The standard InChI is InChI=1S/C29H19Cl2NO7/c1-2-38-28(37)14-10-12-15(13-11-14)32-26(35)20-21(27(32)36)29(24(33)16-6-3-4-7-17(16)25(29)34)39-23(20)18-8-5-9-19(30)22(18)31/h3-13,20-21,23H,2H2,1H3/t20-,21+,23-/m0/s1. The van der Waals surface area contributed by atoms with Gasteiger partial charge in [-0.05, 0) is 37.3 Å². The fourth-order valence-electron chi connectivity index (χ4n) is 5.76. The van der Waals surface area contributed by atoms with Gasteiger partial charge in [0.15, 0.2) is 0 Å². The van der Waals surface area contributed by atoms with Crippen LogP contribution in [0.4, 0.5) is 5.69 Å². The summed E-state index contributed by atoms with van der Waals surface area (Å²) >= 11 is 12.7. The summed E-state index contributed by atoms with van der Waals surface area (Å²) in [5, 5.41) is 0.277. The van der Waals surface area contributed by atoms with Crippen LogP contribution in [-0.2, 0) is 19.1 Å². The molecule has 0 N–H and O–H groups in total. The number of carbonyl (C=O) groups is 5. The number of ketones is 2. The van der Waals surface area contributed by atoms with Crippen LogP contribution < -0.4 is 4.90 Å². The summed E-state index contributed by atoms with van der Waals surface area (Å²) in [4.78, 5) is 68.7. The zero-order chi connectivity index (χ0) is 27.6. The van der Waals surface area contributed by atoms with Crippen molar-refractivity contribution in [2.45, 2.75) is 18.6 Å². The van der Waals surface area contributed by atoms with Crippen molar-refractivity contribution < 1.29 is 33.4 Å². The topological polar surface area (TPSA) is 107 Å². The van der Waals surface area contributed by atoms with Crippen molar-refractivity contribution in [2.75, 3.05) is 11.5 Å². The van der Waals surface area contributed by atoms with E-state index in [-0.39, 0.29) is 44.6 Å². The molecule has 2 aliphatic heterocycles. The van der Waals surface area contributed by atoms with Crippen molar-refractivity contribution in [2.24, 2.45) is 11.8 Å². The molecular formula is C29H19Cl2NO7. The molecule has 0 saturated carbocycles. The Bertz CT molecular complexity index is 1560. The number of benzene rings is 3. The summed E-state index contributed by atoms with van der Waals surface area (Å²) in [7, 11) is 0. The number of hydrogen-bond acceptors (Lipinski definition) is 7. The van der Waals surface area contributed by atoms with Crippen LogP contribution in [0.5, 0.6) is 0 Å². The van der Waals surface area contributed by atoms with E-state index in [0.717, 1.165) is 4.90 Å². The molecule has 3 aliphatic rings. The van der Waals surface area contributed by atoms with Crippen LogP contribution in [0.1, 0.15) is 49.7 Å². The Morgan fingerprint density at radius 3 is 2.15 bits per heavy atom. The number of hydrogen-bond donors (Lipinski definition) is 0. The molecular weight excluding hydrogens is 545 g/mol. The lowest BCUT2D eigenvalue weighted by Crippen LogP contribution is -2.51. The summed E-state index contributed by atoms with van der Waals surface area (Å²) in [5.74, 6) is -6.02. The lowest BCUT2D eigenvalue weighted by Gasteiger charge is -2.27. The largest absolute Gasteiger partial charge is 0.462 e. The SMILES string of the molecule is CCOC(=O)c1ccc(N2C(=O)[C@@H]3[C@H](c4cccc(Cl)c4Cl)OC4(C(=O)c5ccccc5C4=O)[C@H]3C2=O)cc1. The van der Waals surface area contributed by atoms with Gasteiger partial charge in [-0.2, -0.15) is 0 Å². The quantitative estimate of drug-likeness (QED) is 0.253. The first-order chi connectivity index (χ1) is 18.7. The van der Waals surface area contributed by atoms with Crippen molar-refractivity contribution in [3.05, 3.63) is 99.0 Å². The highest BCUT2D eigenvalue weighted by atomic mass is 35.5. The number of esters is 1. The zero-order valence-corrected chi connectivity index (χ0v) is 21.9. The van der Waals surface area contributed by atoms with Crippen LogP contribution in [0.3, 0.4) is 0 Å². The van der Waals surface area contributed by atoms with E-state index in [1.54, 1.807) is 37.3 Å². The molecule has 3 atom stereocenters. The van der Waals surface area contributed by atoms with Gasteiger partial charge in [0.05, 0.1) is 45.8 Å². The number of rotatable bonds is 4. The molecule has 6 rings (SSSR count). The second kappa shape index (κ2) is 9.12. The van der Waals surface area contributed by atoms with Crippen LogP contribution in [0.15, 0.2) is 66.7 Å². The monoisotopic (exact) mass is 563 g/mol. The summed E-state index contributed by atoms with van der Waals surface area (Å²) in [6.45, 7) is 1.87. The minimum absolute atomic E-state index is 0.0906. The second-order valence-electron chi connectivity index (χ2n) is 9.40. The van der Waals surface area contributed by atoms with Gasteiger partial charge in [0.1, 0.15) is 0 Å². The molecule has 1 spiro atoms. The van der Waals surface area contributed by atoms with Gasteiger partial charge in [0.25, 0.3) is 0 Å². The molecule has 39 heavy (non-hydrogen) atoms. The van der Waals surface area contributed by atoms with Crippen molar-refractivity contribution in [3.8, 4) is 0 Å². The number of fused-ring (bicyclic) bond motifs is 3. The summed E-state index contributed by atoms with van der Waals surface area (Å²) in [6, 6.07) is 16.7. The Balaban J connectivity index is 1.49. The maximum atomic E-state index is 14.0. The van der Waals surface area contributed by atoms with E-state index >= 15 is 0 Å². The van der Waals surface area contributed by atoms with Crippen LogP contribution in [0.25, 0.3) is 0 Å². The Labute approximate surface area is 232 Å². The van der Waals surface area contributed by atoms with Gasteiger partial charge in [-0.15, -0.1) is 0 Å². The summed E-state index contributed by atoms with van der Waals surface area (Å²) < 4.78 is 11.2. The Kier molecular flexibility index (Phi) is 5.95. The number of carbonyl (C=O) groups excluding carboxylic acids is 5. The number of imide groups is 1. The molecule has 2 saturated heterocycles. The molecule has 2 heterocycles. The fourth-order valence-corrected chi connectivity index (χ4v) is 6.17. The van der Waals surface area contributed by atoms with Crippen molar-refractivity contribution >= 4 is 58.2 Å². The van der Waals surface area contributed by atoms with Crippen LogP contribution >= 0.6 is 23.2 Å². The van der Waals surface area contributed by atoms with E-state index in [4.69, 9.17) is 32.7 Å². The fraction of sp³-hybridized carbons (Fsp3) is 0.207. The van der Waals surface area contributed by atoms with Crippen molar-refractivity contribution in [3.63, 3.8) is 0 Å². The molecule has 2 amide bonds. The zero-order valence-electron chi connectivity index (χ0n) is 20.4. The molecule has 3 aromatic rings. The predicted octanol–water partition coefficient (Wildman–Crippen LogP) is 4.87. The Hall–Kier alpha value is -3.85. The smallest absolute Gasteiger partial charge is 0.338 e. The van der Waals surface area contributed by atoms with Crippen LogP contribution in [0.2, 0.25) is 10.0 Å². The number of amides is 2. The maximum absolute atomic E-state index is 14.0. The lowest BCUT2D eigenvalue weighted by atomic mass is 9.77. The highest BCUT2D eigenvalue weighted by molar-refractivity contribution is 6.42. The average Bonchev–Trinajstić information content (AvgIpc) is 3.50. The van der Waals surface area contributed by atoms with Crippen molar-refractivity contribution in [1.82, 2.24) is 0 Å². The molecule has 0 unspecified atom stereocenters. The van der Waals surface area contributed by atoms with Crippen LogP contribution in [0, 0.1) is 11.8 Å². The highest BCUT2D eigenvalue weighted by Crippen LogP contribution is 2.58. The van der Waals surface area contributed by atoms with Gasteiger partial charge < -0.3 is 9.47 Å². The minimum atomic E-state index is -2.24. The number of anilines is 1. The summed E-state index contributed by atoms with van der Waals surface area (Å²) in [6.07, 6.45) is -1.20. The first-order valence-electron chi connectivity index (χ1n) is 12.2. The van der Waals surface area contributed by atoms with Gasteiger partial charge >= 0.3 is 5.97 Å². The van der Waals surface area contributed by atoms with Crippen LogP contribution in [-0.4, -0.2) is 41.6 Å². The predicted molar refractivity (Wildman–Crippen MR) is 140 cm³/mol. The van der Waals surface area contributed by atoms with Crippen molar-refractivity contribution in [1.29, 1.82) is 0 Å². The molecule has 8 nitrogen and oxygen atoms in total. The normalized spacial score (nSPS) is 22.9. The Morgan fingerprint density at radius 2 is 1.54 bits per heavy atom. The van der Waals surface area contributed by atoms with Gasteiger partial charge in [-0.3, -0.25) is 19.2 Å². The van der Waals surface area contributed by atoms with E-state index in [1.807, 2.05) is 0 Å². The molecule has 0 aromatic heterocycles. The third-order valence-corrected chi connectivity index (χ3v) is 8.28. The van der Waals surface area contributed by atoms with E-state index in [2.05, 4.69) is 0 Å². The Morgan fingerprint density at radius 1 is 0.897 bits per heavy atom. The van der Waals surface area contributed by atoms with Gasteiger partial charge in [0.2, 0.25) is 29.0 Å². The van der Waals surface area contributed by atoms with Gasteiger partial charge in [-0.1, -0.05) is 59.6 Å². The average molecular weight is 564 g/mol. The molecule has 196 valence electrons. The van der Waals surface area contributed by atoms with Gasteiger partial charge in [-0.25, -0.2) is 9.69 Å². The molecule has 10 heteroatoms. The molecule has 3 aromatic carbocycles. The van der Waals surface area contributed by atoms with E-state index in [1.165, 1.54) is 36.4 Å².